The summed E-state index contributed by atoms with van der Waals surface area (Å²) in [5.74, 6) is 0.434. The Kier molecular flexibility index (Phi) is 4.02. The third-order valence-electron chi connectivity index (χ3n) is 3.95. The van der Waals surface area contributed by atoms with Gasteiger partial charge < -0.3 is 10.1 Å². The molecule has 0 fully saturated rings. The summed E-state index contributed by atoms with van der Waals surface area (Å²) < 4.78 is 19.4. The van der Waals surface area contributed by atoms with E-state index in [1.165, 1.54) is 11.1 Å². The quantitative estimate of drug-likeness (QED) is 0.863. The maximum Gasteiger partial charge on any atom is 0.164 e. The van der Waals surface area contributed by atoms with Gasteiger partial charge in [0.15, 0.2) is 5.82 Å². The number of rotatable bonds is 3. The summed E-state index contributed by atoms with van der Waals surface area (Å²) in [4.78, 5) is 0. The van der Waals surface area contributed by atoms with Gasteiger partial charge in [0, 0.05) is 0 Å². The molecular weight excluding hydrogens is 289 g/mol. The summed E-state index contributed by atoms with van der Waals surface area (Å²) in [7, 11) is 1.66. The summed E-state index contributed by atoms with van der Waals surface area (Å²) in [6.07, 6.45) is 3.10. The van der Waals surface area contributed by atoms with Crippen LogP contribution >= 0.6 is 11.6 Å². The molecule has 0 aromatic heterocycles. The van der Waals surface area contributed by atoms with Crippen molar-refractivity contribution in [2.45, 2.75) is 25.3 Å². The number of fused-ring (bicyclic) bond motifs is 1. The maximum absolute atomic E-state index is 14.1. The van der Waals surface area contributed by atoms with Gasteiger partial charge in [-0.2, -0.15) is 0 Å². The number of methoxy groups -OCH3 is 1. The molecule has 0 radical (unpaired) electrons. The molecule has 0 heterocycles. The lowest BCUT2D eigenvalue weighted by Gasteiger charge is -2.28. The summed E-state index contributed by atoms with van der Waals surface area (Å²) in [5, 5.41) is 3.42. The molecule has 1 atom stereocenters. The van der Waals surface area contributed by atoms with Crippen LogP contribution in [-0.2, 0) is 6.42 Å². The van der Waals surface area contributed by atoms with Gasteiger partial charge in [-0.15, -0.1) is 0 Å². The van der Waals surface area contributed by atoms with Gasteiger partial charge in [-0.1, -0.05) is 23.7 Å². The third-order valence-corrected chi connectivity index (χ3v) is 4.24. The summed E-state index contributed by atoms with van der Waals surface area (Å²) in [5.41, 5.74) is 2.92. The zero-order valence-electron chi connectivity index (χ0n) is 11.8. The zero-order chi connectivity index (χ0) is 14.8. The molecular formula is C17H17ClFNO. The molecule has 2 aromatic carbocycles. The molecule has 1 aliphatic rings. The molecule has 21 heavy (non-hydrogen) atoms. The van der Waals surface area contributed by atoms with E-state index in [4.69, 9.17) is 16.3 Å². The van der Waals surface area contributed by atoms with Crippen molar-refractivity contribution in [1.82, 2.24) is 0 Å². The lowest BCUT2D eigenvalue weighted by atomic mass is 9.87. The van der Waals surface area contributed by atoms with Crippen LogP contribution in [0.15, 0.2) is 36.4 Å². The molecule has 4 heteroatoms. The van der Waals surface area contributed by atoms with Crippen molar-refractivity contribution in [1.29, 1.82) is 0 Å². The Bertz CT molecular complexity index is 659. The molecule has 2 aromatic rings. The Hall–Kier alpha value is -1.74. The number of hydrogen-bond acceptors (Lipinski definition) is 2. The molecule has 0 saturated carbocycles. The fraction of sp³-hybridized carbons (Fsp3) is 0.294. The number of halogens is 2. The highest BCUT2D eigenvalue weighted by atomic mass is 35.5. The zero-order valence-corrected chi connectivity index (χ0v) is 12.6. The highest BCUT2D eigenvalue weighted by Crippen LogP contribution is 2.36. The van der Waals surface area contributed by atoms with Crippen LogP contribution in [0.5, 0.6) is 5.75 Å². The van der Waals surface area contributed by atoms with E-state index in [-0.39, 0.29) is 11.1 Å². The van der Waals surface area contributed by atoms with Crippen molar-refractivity contribution >= 4 is 17.3 Å². The lowest BCUT2D eigenvalue weighted by molar-refractivity contribution is 0.413. The molecule has 110 valence electrons. The molecule has 0 bridgehead atoms. The Morgan fingerprint density at radius 1 is 1.29 bits per heavy atom. The molecule has 0 aliphatic heterocycles. The molecule has 2 nitrogen and oxygen atoms in total. The lowest BCUT2D eigenvalue weighted by Crippen LogP contribution is -2.18. The van der Waals surface area contributed by atoms with Crippen LogP contribution in [-0.4, -0.2) is 7.11 Å². The highest BCUT2D eigenvalue weighted by molar-refractivity contribution is 6.31. The minimum absolute atomic E-state index is 0.0804. The first kappa shape index (κ1) is 14.2. The van der Waals surface area contributed by atoms with E-state index >= 15 is 0 Å². The second kappa shape index (κ2) is 5.94. The predicted octanol–water partition coefficient (Wildman–Crippen LogP) is 4.98. The first-order valence-corrected chi connectivity index (χ1v) is 7.44. The largest absolute Gasteiger partial charge is 0.497 e. The van der Waals surface area contributed by atoms with Crippen molar-refractivity contribution in [2.24, 2.45) is 0 Å². The van der Waals surface area contributed by atoms with Gasteiger partial charge in [0.25, 0.3) is 0 Å². The van der Waals surface area contributed by atoms with Crippen LogP contribution in [0.1, 0.15) is 30.0 Å². The van der Waals surface area contributed by atoms with E-state index in [0.29, 0.717) is 5.69 Å². The molecule has 1 N–H and O–H groups in total. The first-order valence-electron chi connectivity index (χ1n) is 7.06. The number of benzene rings is 2. The number of aryl methyl sites for hydroxylation is 1. The minimum Gasteiger partial charge on any atom is -0.497 e. The van der Waals surface area contributed by atoms with Gasteiger partial charge in [-0.05, 0) is 54.7 Å². The van der Waals surface area contributed by atoms with Crippen LogP contribution in [0.3, 0.4) is 0 Å². The summed E-state index contributed by atoms with van der Waals surface area (Å²) >= 11 is 5.84. The Morgan fingerprint density at radius 3 is 2.95 bits per heavy atom. The Labute approximate surface area is 128 Å². The fourth-order valence-corrected chi connectivity index (χ4v) is 3.03. The third kappa shape index (κ3) is 2.84. The van der Waals surface area contributed by atoms with Crippen LogP contribution in [0, 0.1) is 5.82 Å². The van der Waals surface area contributed by atoms with E-state index in [1.807, 2.05) is 12.1 Å². The number of ether oxygens (including phenoxy) is 1. The van der Waals surface area contributed by atoms with E-state index in [2.05, 4.69) is 11.4 Å². The van der Waals surface area contributed by atoms with Gasteiger partial charge >= 0.3 is 0 Å². The molecule has 0 spiro atoms. The SMILES string of the molecule is COc1ccc2c(c1)C(Nc1cccc(Cl)c1F)CCC2. The molecule has 3 rings (SSSR count). The van der Waals surface area contributed by atoms with Crippen LogP contribution in [0.2, 0.25) is 5.02 Å². The maximum atomic E-state index is 14.1. The average molecular weight is 306 g/mol. The number of nitrogens with one attached hydrogen (secondary N) is 1. The predicted molar refractivity (Wildman–Crippen MR) is 83.7 cm³/mol. The minimum atomic E-state index is -0.394. The van der Waals surface area contributed by atoms with E-state index in [0.717, 1.165) is 25.0 Å². The molecule has 1 aliphatic carbocycles. The van der Waals surface area contributed by atoms with Crippen LogP contribution in [0.25, 0.3) is 0 Å². The van der Waals surface area contributed by atoms with Gasteiger partial charge in [0.05, 0.1) is 23.9 Å². The van der Waals surface area contributed by atoms with Crippen molar-refractivity contribution in [3.63, 3.8) is 0 Å². The smallest absolute Gasteiger partial charge is 0.164 e. The van der Waals surface area contributed by atoms with Gasteiger partial charge in [-0.25, -0.2) is 4.39 Å². The van der Waals surface area contributed by atoms with Gasteiger partial charge in [0.1, 0.15) is 5.75 Å². The fourth-order valence-electron chi connectivity index (χ4n) is 2.86. The van der Waals surface area contributed by atoms with Crippen LogP contribution in [0.4, 0.5) is 10.1 Å². The monoisotopic (exact) mass is 305 g/mol. The van der Waals surface area contributed by atoms with Crippen molar-refractivity contribution in [3.05, 3.63) is 58.4 Å². The van der Waals surface area contributed by atoms with E-state index < -0.39 is 5.82 Å². The van der Waals surface area contributed by atoms with E-state index in [9.17, 15) is 4.39 Å². The van der Waals surface area contributed by atoms with Gasteiger partial charge in [0.2, 0.25) is 0 Å². The van der Waals surface area contributed by atoms with Gasteiger partial charge in [-0.3, -0.25) is 0 Å². The second-order valence-electron chi connectivity index (χ2n) is 5.26. The summed E-state index contributed by atoms with van der Waals surface area (Å²) in [6, 6.07) is 11.2. The first-order chi connectivity index (χ1) is 10.2. The molecule has 0 amide bonds. The summed E-state index contributed by atoms with van der Waals surface area (Å²) in [6.45, 7) is 0. The molecule has 0 saturated heterocycles. The second-order valence-corrected chi connectivity index (χ2v) is 5.66. The van der Waals surface area contributed by atoms with Crippen LogP contribution < -0.4 is 10.1 Å². The van der Waals surface area contributed by atoms with E-state index in [1.54, 1.807) is 25.3 Å². The average Bonchev–Trinajstić information content (AvgIpc) is 2.51. The van der Waals surface area contributed by atoms with Crippen molar-refractivity contribution in [3.8, 4) is 5.75 Å². The molecule has 1 unspecified atom stereocenters. The van der Waals surface area contributed by atoms with Crippen molar-refractivity contribution < 1.29 is 9.13 Å². The normalized spacial score (nSPS) is 17.2. The number of hydrogen-bond donors (Lipinski definition) is 1. The van der Waals surface area contributed by atoms with Crippen molar-refractivity contribution in [2.75, 3.05) is 12.4 Å². The number of anilines is 1. The Morgan fingerprint density at radius 2 is 2.14 bits per heavy atom. The standard InChI is InChI=1S/C17H17ClFNO/c1-21-12-9-8-11-4-2-6-15(13(11)10-12)20-16-7-3-5-14(18)17(16)19/h3,5,7-10,15,20H,2,4,6H2,1H3. The topological polar surface area (TPSA) is 21.3 Å². The highest BCUT2D eigenvalue weighted by Gasteiger charge is 2.22. The Balaban J connectivity index is 1.93.